The van der Waals surface area contributed by atoms with Crippen molar-refractivity contribution in [1.82, 2.24) is 24.6 Å². The summed E-state index contributed by atoms with van der Waals surface area (Å²) in [7, 11) is 0. The van der Waals surface area contributed by atoms with Gasteiger partial charge in [-0.1, -0.05) is 55.8 Å². The van der Waals surface area contributed by atoms with Crippen molar-refractivity contribution >= 4 is 17.6 Å². The zero-order valence-corrected chi connectivity index (χ0v) is 21.0. The number of hydrogen-bond donors (Lipinski definition) is 1. The molecule has 3 heterocycles. The first-order chi connectivity index (χ1) is 16.9. The average molecular weight is 488 g/mol. The monoisotopic (exact) mass is 487 g/mol. The van der Waals surface area contributed by atoms with Gasteiger partial charge in [0, 0.05) is 23.3 Å². The zero-order valence-electron chi connectivity index (χ0n) is 20.3. The lowest BCUT2D eigenvalue weighted by Crippen LogP contribution is -2.42. The van der Waals surface area contributed by atoms with E-state index in [0.29, 0.717) is 24.0 Å². The number of aromatic nitrogens is 3. The fraction of sp³-hybridized carbons (Fsp3) is 0.286. The van der Waals surface area contributed by atoms with Crippen LogP contribution in [0, 0.1) is 12.8 Å². The molecule has 2 aromatic carbocycles. The van der Waals surface area contributed by atoms with Crippen LogP contribution in [0.1, 0.15) is 48.8 Å². The highest BCUT2D eigenvalue weighted by Crippen LogP contribution is 2.38. The first-order valence-corrected chi connectivity index (χ1v) is 12.4. The molecule has 1 aliphatic rings. The van der Waals surface area contributed by atoms with Gasteiger partial charge in [0.05, 0.1) is 29.7 Å². The third-order valence-corrected chi connectivity index (χ3v) is 6.78. The largest absolute Gasteiger partial charge is 0.338 e. The van der Waals surface area contributed by atoms with Crippen LogP contribution < -0.4 is 5.32 Å². The Labute approximate surface area is 211 Å². The zero-order chi connectivity index (χ0) is 24.5. The van der Waals surface area contributed by atoms with E-state index in [2.05, 4.69) is 36.0 Å². The Hall–Kier alpha value is -3.51. The maximum Gasteiger partial charge on any atom is 0.318 e. The molecule has 4 aromatic rings. The van der Waals surface area contributed by atoms with E-state index < -0.39 is 0 Å². The van der Waals surface area contributed by atoms with Gasteiger partial charge >= 0.3 is 6.03 Å². The molecule has 0 bridgehead atoms. The molecular weight excluding hydrogens is 458 g/mol. The molecule has 180 valence electrons. The van der Waals surface area contributed by atoms with Crippen molar-refractivity contribution in [2.45, 2.75) is 39.8 Å². The van der Waals surface area contributed by atoms with Gasteiger partial charge in [-0.15, -0.1) is 0 Å². The fourth-order valence-corrected chi connectivity index (χ4v) is 4.84. The molecule has 0 radical (unpaired) electrons. The van der Waals surface area contributed by atoms with Crippen molar-refractivity contribution in [3.8, 4) is 11.5 Å². The summed E-state index contributed by atoms with van der Waals surface area (Å²) in [6.07, 6.45) is 2.98. The van der Waals surface area contributed by atoms with Crippen LogP contribution in [0.15, 0.2) is 72.9 Å². The molecule has 0 saturated carbocycles. The minimum atomic E-state index is -0.280. The molecular formula is C28H30ClN5O. The highest BCUT2D eigenvalue weighted by molar-refractivity contribution is 6.30. The molecule has 1 aliphatic heterocycles. The second-order valence-corrected chi connectivity index (χ2v) is 9.87. The van der Waals surface area contributed by atoms with Crippen LogP contribution in [-0.4, -0.2) is 31.8 Å². The molecule has 0 unspecified atom stereocenters. The second-order valence-electron chi connectivity index (χ2n) is 9.43. The summed E-state index contributed by atoms with van der Waals surface area (Å²) in [6.45, 7) is 7.41. The molecule has 0 aliphatic carbocycles. The van der Waals surface area contributed by atoms with Crippen molar-refractivity contribution in [3.63, 3.8) is 0 Å². The van der Waals surface area contributed by atoms with Gasteiger partial charge in [0.25, 0.3) is 0 Å². The smallest absolute Gasteiger partial charge is 0.318 e. The van der Waals surface area contributed by atoms with E-state index in [9.17, 15) is 4.79 Å². The van der Waals surface area contributed by atoms with Gasteiger partial charge in [0.2, 0.25) is 0 Å². The second kappa shape index (κ2) is 9.62. The summed E-state index contributed by atoms with van der Waals surface area (Å²) >= 11 is 6.21. The van der Waals surface area contributed by atoms with Crippen molar-refractivity contribution < 1.29 is 4.79 Å². The Kier molecular flexibility index (Phi) is 6.39. The molecule has 6 nitrogen and oxygen atoms in total. The first-order valence-electron chi connectivity index (χ1n) is 12.1. The maximum absolute atomic E-state index is 13.7. The highest BCUT2D eigenvalue weighted by Gasteiger charge is 2.35. The number of carbonyl (C=O) groups is 1. The normalized spacial score (nSPS) is 15.0. The molecule has 0 fully saturated rings. The third kappa shape index (κ3) is 4.46. The van der Waals surface area contributed by atoms with E-state index in [1.807, 2.05) is 77.2 Å². The van der Waals surface area contributed by atoms with Crippen LogP contribution in [0.3, 0.4) is 0 Å². The number of benzene rings is 2. The summed E-state index contributed by atoms with van der Waals surface area (Å²) in [4.78, 5) is 15.6. The molecule has 2 amide bonds. The summed E-state index contributed by atoms with van der Waals surface area (Å²) in [6, 6.07) is 21.6. The third-order valence-electron chi connectivity index (χ3n) is 6.53. The Morgan fingerprint density at radius 1 is 1.09 bits per heavy atom. The van der Waals surface area contributed by atoms with Crippen LogP contribution in [0.5, 0.6) is 0 Å². The number of carbonyl (C=O) groups excluding carboxylic acids is 1. The minimum absolute atomic E-state index is 0.0851. The van der Waals surface area contributed by atoms with E-state index in [4.69, 9.17) is 16.7 Å². The standard InChI is InChI=1S/C28H30ClN5O/c1-19(2)15-16-30-28(35)33-18-24-20(3)31-34(23-8-5-4-6-9-23)27(24)32-17-7-10-25(32)26(33)21-11-13-22(29)14-12-21/h4-14,17,19,26H,15-16,18H2,1-3H3,(H,30,35)/t26-/m1/s1. The molecule has 0 saturated heterocycles. The summed E-state index contributed by atoms with van der Waals surface area (Å²) in [5, 5.41) is 8.72. The van der Waals surface area contributed by atoms with Crippen molar-refractivity contribution in [1.29, 1.82) is 0 Å². The lowest BCUT2D eigenvalue weighted by molar-refractivity contribution is 0.180. The lowest BCUT2D eigenvalue weighted by atomic mass is 10.0. The molecule has 1 N–H and O–H groups in total. The molecule has 35 heavy (non-hydrogen) atoms. The van der Waals surface area contributed by atoms with Crippen molar-refractivity contribution in [2.24, 2.45) is 5.92 Å². The van der Waals surface area contributed by atoms with Gasteiger partial charge in [-0.05, 0) is 61.2 Å². The number of amides is 2. The number of fused-ring (bicyclic) bond motifs is 3. The van der Waals surface area contributed by atoms with Crippen LogP contribution in [0.25, 0.3) is 11.5 Å². The minimum Gasteiger partial charge on any atom is -0.338 e. The molecule has 1 atom stereocenters. The number of urea groups is 1. The van der Waals surface area contributed by atoms with Gasteiger partial charge in [-0.3, -0.25) is 0 Å². The van der Waals surface area contributed by atoms with E-state index >= 15 is 0 Å². The SMILES string of the molecule is Cc1nn(-c2ccccc2)c2c1CN(C(=O)NCCC(C)C)[C@H](c1ccc(Cl)cc1)c1cccn1-2. The molecule has 7 heteroatoms. The quantitative estimate of drug-likeness (QED) is 0.360. The summed E-state index contributed by atoms with van der Waals surface area (Å²) in [5.41, 5.74) is 4.92. The number of rotatable bonds is 5. The lowest BCUT2D eigenvalue weighted by Gasteiger charge is -2.31. The number of para-hydroxylation sites is 1. The Bertz CT molecular complexity index is 1320. The first kappa shape index (κ1) is 23.2. The molecule has 5 rings (SSSR count). The van der Waals surface area contributed by atoms with Gasteiger partial charge in [0.15, 0.2) is 0 Å². The van der Waals surface area contributed by atoms with Crippen LogP contribution in [0.4, 0.5) is 4.79 Å². The molecule has 2 aromatic heterocycles. The number of aryl methyl sites for hydroxylation is 1. The van der Waals surface area contributed by atoms with Gasteiger partial charge in [0.1, 0.15) is 5.82 Å². The maximum atomic E-state index is 13.7. The summed E-state index contributed by atoms with van der Waals surface area (Å²) in [5.74, 6) is 1.48. The summed E-state index contributed by atoms with van der Waals surface area (Å²) < 4.78 is 4.15. The fourth-order valence-electron chi connectivity index (χ4n) is 4.71. The highest BCUT2D eigenvalue weighted by atomic mass is 35.5. The van der Waals surface area contributed by atoms with E-state index in [-0.39, 0.29) is 12.1 Å². The van der Waals surface area contributed by atoms with E-state index in [1.165, 1.54) is 0 Å². The van der Waals surface area contributed by atoms with Gasteiger partial charge in [-0.25, -0.2) is 9.48 Å². The molecule has 0 spiro atoms. The Morgan fingerprint density at radius 2 is 1.83 bits per heavy atom. The van der Waals surface area contributed by atoms with Crippen LogP contribution in [0.2, 0.25) is 5.02 Å². The van der Waals surface area contributed by atoms with E-state index in [0.717, 1.165) is 40.4 Å². The van der Waals surface area contributed by atoms with E-state index in [1.54, 1.807) is 0 Å². The number of halogens is 1. The van der Waals surface area contributed by atoms with Gasteiger partial charge in [-0.2, -0.15) is 5.10 Å². The predicted octanol–water partition coefficient (Wildman–Crippen LogP) is 6.29. The van der Waals surface area contributed by atoms with Crippen molar-refractivity contribution in [3.05, 3.63) is 100 Å². The topological polar surface area (TPSA) is 55.1 Å². The number of nitrogens with one attached hydrogen (secondary N) is 1. The number of hydrogen-bond acceptors (Lipinski definition) is 2. The van der Waals surface area contributed by atoms with Gasteiger partial charge < -0.3 is 14.8 Å². The van der Waals surface area contributed by atoms with Crippen LogP contribution in [-0.2, 0) is 6.54 Å². The Morgan fingerprint density at radius 3 is 2.54 bits per heavy atom. The van der Waals surface area contributed by atoms with Crippen molar-refractivity contribution in [2.75, 3.05) is 6.54 Å². The van der Waals surface area contributed by atoms with Crippen LogP contribution >= 0.6 is 11.6 Å². The predicted molar refractivity (Wildman–Crippen MR) is 139 cm³/mol. The average Bonchev–Trinajstić information content (AvgIpc) is 3.41. The Balaban J connectivity index is 1.66. The number of nitrogens with zero attached hydrogens (tertiary/aromatic N) is 4.